The van der Waals surface area contributed by atoms with Gasteiger partial charge in [-0.2, -0.15) is 0 Å². The van der Waals surface area contributed by atoms with Gasteiger partial charge in [0.1, 0.15) is 0 Å². The molecule has 0 atom stereocenters. The van der Waals surface area contributed by atoms with Gasteiger partial charge in [0.25, 0.3) is 0 Å². The topological polar surface area (TPSA) is 21.3 Å². The van der Waals surface area contributed by atoms with E-state index in [-0.39, 0.29) is 11.0 Å². The van der Waals surface area contributed by atoms with E-state index >= 15 is 0 Å². The lowest BCUT2D eigenvalue weighted by Gasteiger charge is -2.19. The van der Waals surface area contributed by atoms with E-state index in [1.54, 1.807) is 0 Å². The van der Waals surface area contributed by atoms with Gasteiger partial charge in [0, 0.05) is 6.20 Å². The van der Waals surface area contributed by atoms with E-state index in [9.17, 15) is 0 Å². The van der Waals surface area contributed by atoms with Gasteiger partial charge in [-0.05, 0) is 26.2 Å². The highest BCUT2D eigenvalue weighted by Crippen LogP contribution is 2.13. The highest BCUT2D eigenvalue weighted by molar-refractivity contribution is 4.89. The van der Waals surface area contributed by atoms with Crippen LogP contribution in [0.25, 0.3) is 0 Å². The molecule has 0 aliphatic rings. The average Bonchev–Trinajstić information content (AvgIpc) is 1.76. The van der Waals surface area contributed by atoms with E-state index in [0.717, 1.165) is 0 Å². The maximum atomic E-state index is 5.29. The molecule has 0 radical (unpaired) electrons. The summed E-state index contributed by atoms with van der Waals surface area (Å²) in [6, 6.07) is 0. The standard InChI is InChI=1S/C10H21NO/c1-9(2,3)7-8-11-12-10(4,5)6/h7-8,11H,1-6H3/b8-7-. The summed E-state index contributed by atoms with van der Waals surface area (Å²) in [6.45, 7) is 12.4. The molecule has 0 fully saturated rings. The average molecular weight is 171 g/mol. The van der Waals surface area contributed by atoms with Gasteiger partial charge in [0.2, 0.25) is 0 Å². The van der Waals surface area contributed by atoms with Crippen molar-refractivity contribution in [1.82, 2.24) is 5.48 Å². The molecule has 0 aliphatic heterocycles. The number of rotatable bonds is 2. The molecule has 2 nitrogen and oxygen atoms in total. The number of hydroxylamine groups is 1. The molecular formula is C10H21NO. The van der Waals surface area contributed by atoms with E-state index in [2.05, 4.69) is 32.3 Å². The van der Waals surface area contributed by atoms with Gasteiger partial charge in [0.15, 0.2) is 0 Å². The predicted octanol–water partition coefficient (Wildman–Crippen LogP) is 2.87. The van der Waals surface area contributed by atoms with Crippen LogP contribution in [0.1, 0.15) is 41.5 Å². The Morgan fingerprint density at radius 1 is 1.00 bits per heavy atom. The molecule has 0 spiro atoms. The van der Waals surface area contributed by atoms with Gasteiger partial charge in [-0.25, -0.2) is 0 Å². The summed E-state index contributed by atoms with van der Waals surface area (Å²) in [5, 5.41) is 0. The summed E-state index contributed by atoms with van der Waals surface area (Å²) in [5.41, 5.74) is 2.87. The highest BCUT2D eigenvalue weighted by atomic mass is 16.7. The fourth-order valence-corrected chi connectivity index (χ4v) is 0.495. The van der Waals surface area contributed by atoms with Gasteiger partial charge in [-0.3, -0.25) is 10.3 Å². The third-order valence-corrected chi connectivity index (χ3v) is 1.02. The molecule has 0 aromatic heterocycles. The van der Waals surface area contributed by atoms with Crippen molar-refractivity contribution in [2.24, 2.45) is 5.41 Å². The van der Waals surface area contributed by atoms with Crippen LogP contribution in [0.4, 0.5) is 0 Å². The Hall–Kier alpha value is -0.500. The van der Waals surface area contributed by atoms with Crippen LogP contribution >= 0.6 is 0 Å². The zero-order valence-corrected chi connectivity index (χ0v) is 9.06. The van der Waals surface area contributed by atoms with Crippen molar-refractivity contribution >= 4 is 0 Å². The summed E-state index contributed by atoms with van der Waals surface area (Å²) >= 11 is 0. The Morgan fingerprint density at radius 3 is 1.83 bits per heavy atom. The molecule has 0 unspecified atom stereocenters. The molecule has 72 valence electrons. The molecule has 0 amide bonds. The lowest BCUT2D eigenvalue weighted by atomic mass is 9.97. The first kappa shape index (κ1) is 11.5. The molecule has 0 aromatic rings. The molecule has 0 saturated carbocycles. The third kappa shape index (κ3) is 9.50. The van der Waals surface area contributed by atoms with E-state index in [1.807, 2.05) is 27.0 Å². The maximum absolute atomic E-state index is 5.29. The second kappa shape index (κ2) is 3.94. The van der Waals surface area contributed by atoms with E-state index in [4.69, 9.17) is 4.84 Å². The summed E-state index contributed by atoms with van der Waals surface area (Å²) in [4.78, 5) is 5.29. The smallest absolute Gasteiger partial charge is 0.0876 e. The van der Waals surface area contributed by atoms with Gasteiger partial charge in [-0.1, -0.05) is 26.8 Å². The number of allylic oxidation sites excluding steroid dienone is 1. The van der Waals surface area contributed by atoms with Crippen LogP contribution in [-0.4, -0.2) is 5.60 Å². The first-order chi connectivity index (χ1) is 5.21. The summed E-state index contributed by atoms with van der Waals surface area (Å²) in [6.07, 6.45) is 3.91. The zero-order chi connectivity index (χ0) is 9.83. The Labute approximate surface area is 76.0 Å². The van der Waals surface area contributed by atoms with Crippen LogP contribution in [0.15, 0.2) is 12.3 Å². The van der Waals surface area contributed by atoms with E-state index in [0.29, 0.717) is 0 Å². The zero-order valence-electron chi connectivity index (χ0n) is 9.06. The van der Waals surface area contributed by atoms with Crippen LogP contribution in [0.5, 0.6) is 0 Å². The monoisotopic (exact) mass is 171 g/mol. The van der Waals surface area contributed by atoms with Gasteiger partial charge in [0.05, 0.1) is 5.60 Å². The van der Waals surface area contributed by atoms with Crippen LogP contribution in [0, 0.1) is 5.41 Å². The summed E-state index contributed by atoms with van der Waals surface area (Å²) in [5.74, 6) is 0. The van der Waals surface area contributed by atoms with Gasteiger partial charge in [-0.15, -0.1) is 0 Å². The molecular weight excluding hydrogens is 150 g/mol. The van der Waals surface area contributed by atoms with E-state index < -0.39 is 0 Å². The van der Waals surface area contributed by atoms with Crippen LogP contribution in [0.3, 0.4) is 0 Å². The molecule has 2 heteroatoms. The molecule has 0 bridgehead atoms. The second-order valence-electron chi connectivity index (χ2n) is 5.03. The molecule has 12 heavy (non-hydrogen) atoms. The SMILES string of the molecule is CC(C)(C)/C=C\NOC(C)(C)C. The molecule has 0 saturated heterocycles. The van der Waals surface area contributed by atoms with Crippen LogP contribution < -0.4 is 5.48 Å². The van der Waals surface area contributed by atoms with Crippen molar-refractivity contribution in [3.8, 4) is 0 Å². The first-order valence-electron chi connectivity index (χ1n) is 4.32. The highest BCUT2D eigenvalue weighted by Gasteiger charge is 2.09. The van der Waals surface area contributed by atoms with Crippen molar-refractivity contribution < 1.29 is 4.84 Å². The minimum absolute atomic E-state index is 0.137. The van der Waals surface area contributed by atoms with Crippen LogP contribution in [0.2, 0.25) is 0 Å². The largest absolute Gasteiger partial charge is 0.274 e. The van der Waals surface area contributed by atoms with Gasteiger partial charge >= 0.3 is 0 Å². The van der Waals surface area contributed by atoms with Crippen molar-refractivity contribution in [2.45, 2.75) is 47.1 Å². The molecule has 0 heterocycles. The van der Waals surface area contributed by atoms with Crippen molar-refractivity contribution in [1.29, 1.82) is 0 Å². The Balaban J connectivity index is 3.64. The third-order valence-electron chi connectivity index (χ3n) is 1.02. The molecule has 1 N–H and O–H groups in total. The Bertz CT molecular complexity index is 148. The second-order valence-corrected chi connectivity index (χ2v) is 5.03. The first-order valence-corrected chi connectivity index (χ1v) is 4.32. The van der Waals surface area contributed by atoms with E-state index in [1.165, 1.54) is 0 Å². The van der Waals surface area contributed by atoms with Crippen molar-refractivity contribution in [2.75, 3.05) is 0 Å². The number of hydrogen-bond donors (Lipinski definition) is 1. The van der Waals surface area contributed by atoms with Crippen molar-refractivity contribution in [3.05, 3.63) is 12.3 Å². The fraction of sp³-hybridized carbons (Fsp3) is 0.800. The normalized spacial score (nSPS) is 13.8. The van der Waals surface area contributed by atoms with Crippen LogP contribution in [-0.2, 0) is 4.84 Å². The molecule has 0 rings (SSSR count). The maximum Gasteiger partial charge on any atom is 0.0876 e. The Kier molecular flexibility index (Phi) is 3.78. The number of hydrogen-bond acceptors (Lipinski definition) is 2. The summed E-state index contributed by atoms with van der Waals surface area (Å²) < 4.78 is 0. The quantitative estimate of drug-likeness (QED) is 0.645. The number of nitrogens with one attached hydrogen (secondary N) is 1. The molecule has 0 aromatic carbocycles. The lowest BCUT2D eigenvalue weighted by Crippen LogP contribution is -2.26. The van der Waals surface area contributed by atoms with Crippen molar-refractivity contribution in [3.63, 3.8) is 0 Å². The predicted molar refractivity (Wildman–Crippen MR) is 52.6 cm³/mol. The summed E-state index contributed by atoms with van der Waals surface area (Å²) in [7, 11) is 0. The molecule has 0 aliphatic carbocycles. The fourth-order valence-electron chi connectivity index (χ4n) is 0.495. The Morgan fingerprint density at radius 2 is 1.50 bits per heavy atom. The van der Waals surface area contributed by atoms with Gasteiger partial charge < -0.3 is 0 Å². The lowest BCUT2D eigenvalue weighted by molar-refractivity contribution is -0.0524. The minimum atomic E-state index is -0.137. The minimum Gasteiger partial charge on any atom is -0.274 e.